The molecule has 1 aliphatic rings. The zero-order valence-electron chi connectivity index (χ0n) is 10.7. The van der Waals surface area contributed by atoms with E-state index >= 15 is 0 Å². The number of rotatable bonds is 3. The highest BCUT2D eigenvalue weighted by atomic mass is 16.6. The molecule has 0 aliphatic carbocycles. The Balaban J connectivity index is 1.88. The lowest BCUT2D eigenvalue weighted by atomic mass is 10.0. The number of nitrogens with zero attached hydrogens (tertiary/aromatic N) is 2. The van der Waals surface area contributed by atoms with Crippen LogP contribution in [0.25, 0.3) is 11.1 Å². The summed E-state index contributed by atoms with van der Waals surface area (Å²) in [5.74, 6) is -0.504. The Hall–Kier alpha value is -2.69. The van der Waals surface area contributed by atoms with Gasteiger partial charge in [-0.25, -0.2) is 0 Å². The van der Waals surface area contributed by atoms with Gasteiger partial charge in [-0.15, -0.1) is 0 Å². The molecule has 1 amide bonds. The highest BCUT2D eigenvalue weighted by Crippen LogP contribution is 2.22. The largest absolute Gasteiger partial charge is 0.382 e. The van der Waals surface area contributed by atoms with Crippen molar-refractivity contribution in [3.05, 3.63) is 54.4 Å². The second-order valence-electron chi connectivity index (χ2n) is 4.57. The molecule has 3 rings (SSSR count). The van der Waals surface area contributed by atoms with Crippen molar-refractivity contribution in [1.29, 1.82) is 0 Å². The van der Waals surface area contributed by atoms with E-state index in [4.69, 9.17) is 10.6 Å². The van der Waals surface area contributed by atoms with E-state index in [2.05, 4.69) is 10.1 Å². The number of hydrogen-bond donors (Lipinski definition) is 1. The summed E-state index contributed by atoms with van der Waals surface area (Å²) >= 11 is 0. The first kappa shape index (κ1) is 12.3. The standard InChI is InChI=1S/C15H13N3O2/c16-15(19)14-7-13(18-20-14)12-6-11(8-17-9-12)10-4-2-1-3-5-10/h1-6,8-9,14H,7H2,(H2,16,19). The van der Waals surface area contributed by atoms with Crippen molar-refractivity contribution in [2.45, 2.75) is 12.5 Å². The second-order valence-corrected chi connectivity index (χ2v) is 4.57. The smallest absolute Gasteiger partial charge is 0.261 e. The van der Waals surface area contributed by atoms with Crippen molar-refractivity contribution in [2.75, 3.05) is 0 Å². The number of hydrogen-bond acceptors (Lipinski definition) is 4. The monoisotopic (exact) mass is 267 g/mol. The molecule has 5 heteroatoms. The minimum absolute atomic E-state index is 0.384. The molecular weight excluding hydrogens is 254 g/mol. The van der Waals surface area contributed by atoms with Gasteiger partial charge in [0.2, 0.25) is 6.10 Å². The van der Waals surface area contributed by atoms with Crippen LogP contribution in [0.5, 0.6) is 0 Å². The maximum absolute atomic E-state index is 11.1. The van der Waals surface area contributed by atoms with Crippen LogP contribution in [0.15, 0.2) is 53.9 Å². The topological polar surface area (TPSA) is 77.6 Å². The Morgan fingerprint density at radius 1 is 1.15 bits per heavy atom. The average Bonchev–Trinajstić information content (AvgIpc) is 2.98. The van der Waals surface area contributed by atoms with E-state index in [-0.39, 0.29) is 0 Å². The van der Waals surface area contributed by atoms with Crippen LogP contribution >= 0.6 is 0 Å². The van der Waals surface area contributed by atoms with E-state index in [1.54, 1.807) is 12.4 Å². The van der Waals surface area contributed by atoms with Crippen LogP contribution in [0.2, 0.25) is 0 Å². The second kappa shape index (κ2) is 5.13. The van der Waals surface area contributed by atoms with Gasteiger partial charge in [-0.2, -0.15) is 0 Å². The molecule has 1 aromatic carbocycles. The van der Waals surface area contributed by atoms with Gasteiger partial charge in [0.05, 0.1) is 5.71 Å². The van der Waals surface area contributed by atoms with Gasteiger partial charge in [0.1, 0.15) is 0 Å². The zero-order chi connectivity index (χ0) is 13.9. The molecule has 100 valence electrons. The van der Waals surface area contributed by atoms with E-state index in [1.807, 2.05) is 36.4 Å². The van der Waals surface area contributed by atoms with Gasteiger partial charge < -0.3 is 10.6 Å². The molecular formula is C15H13N3O2. The van der Waals surface area contributed by atoms with Crippen LogP contribution in [0.4, 0.5) is 0 Å². The number of benzene rings is 1. The molecule has 0 saturated carbocycles. The number of carbonyl (C=O) groups excluding carboxylic acids is 1. The summed E-state index contributed by atoms with van der Waals surface area (Å²) in [6.45, 7) is 0. The number of carbonyl (C=O) groups is 1. The Bertz CT molecular complexity index is 668. The SMILES string of the molecule is NC(=O)C1CC(c2cncc(-c3ccccc3)c2)=NO1. The molecule has 1 atom stereocenters. The van der Waals surface area contributed by atoms with E-state index in [1.165, 1.54) is 0 Å². The lowest BCUT2D eigenvalue weighted by molar-refractivity contribution is -0.127. The molecule has 0 fully saturated rings. The molecule has 1 unspecified atom stereocenters. The summed E-state index contributed by atoms with van der Waals surface area (Å²) in [5.41, 5.74) is 8.81. The third kappa shape index (κ3) is 2.38. The van der Waals surface area contributed by atoms with E-state index < -0.39 is 12.0 Å². The minimum atomic E-state index is -0.676. The van der Waals surface area contributed by atoms with Crippen LogP contribution < -0.4 is 5.73 Å². The molecule has 1 aliphatic heterocycles. The molecule has 0 spiro atoms. The summed E-state index contributed by atoms with van der Waals surface area (Å²) in [6.07, 6.45) is 3.21. The maximum Gasteiger partial charge on any atom is 0.261 e. The Labute approximate surface area is 116 Å². The molecule has 2 heterocycles. The summed E-state index contributed by atoms with van der Waals surface area (Å²) in [6, 6.07) is 11.9. The number of aromatic nitrogens is 1. The van der Waals surface area contributed by atoms with Crippen molar-refractivity contribution in [2.24, 2.45) is 10.9 Å². The fourth-order valence-corrected chi connectivity index (χ4v) is 2.09. The number of amides is 1. The quantitative estimate of drug-likeness (QED) is 0.919. The number of pyridine rings is 1. The number of primary amides is 1. The average molecular weight is 267 g/mol. The Morgan fingerprint density at radius 2 is 1.90 bits per heavy atom. The fraction of sp³-hybridized carbons (Fsp3) is 0.133. The maximum atomic E-state index is 11.1. The highest BCUT2D eigenvalue weighted by molar-refractivity contribution is 6.04. The first-order valence-electron chi connectivity index (χ1n) is 6.27. The molecule has 0 saturated heterocycles. The van der Waals surface area contributed by atoms with E-state index in [9.17, 15) is 4.79 Å². The third-order valence-electron chi connectivity index (χ3n) is 3.16. The third-order valence-corrected chi connectivity index (χ3v) is 3.16. The predicted molar refractivity (Wildman–Crippen MR) is 74.9 cm³/mol. The zero-order valence-corrected chi connectivity index (χ0v) is 10.7. The van der Waals surface area contributed by atoms with E-state index in [0.29, 0.717) is 12.1 Å². The molecule has 0 bridgehead atoms. The predicted octanol–water partition coefficient (Wildman–Crippen LogP) is 1.73. The first-order chi connectivity index (χ1) is 9.74. The van der Waals surface area contributed by atoms with Gasteiger partial charge in [0.25, 0.3) is 5.91 Å². The van der Waals surface area contributed by atoms with Crippen molar-refractivity contribution in [3.63, 3.8) is 0 Å². The summed E-state index contributed by atoms with van der Waals surface area (Å²) in [5, 5.41) is 3.92. The van der Waals surface area contributed by atoms with Gasteiger partial charge >= 0.3 is 0 Å². The molecule has 2 N–H and O–H groups in total. The van der Waals surface area contributed by atoms with Gasteiger partial charge in [0, 0.05) is 29.9 Å². The van der Waals surface area contributed by atoms with Crippen LogP contribution in [0.1, 0.15) is 12.0 Å². The van der Waals surface area contributed by atoms with Gasteiger partial charge in [-0.3, -0.25) is 9.78 Å². The number of oxime groups is 1. The van der Waals surface area contributed by atoms with Crippen molar-refractivity contribution in [1.82, 2.24) is 4.98 Å². The first-order valence-corrected chi connectivity index (χ1v) is 6.27. The summed E-state index contributed by atoms with van der Waals surface area (Å²) < 4.78 is 0. The van der Waals surface area contributed by atoms with Gasteiger partial charge in [-0.05, 0) is 11.6 Å². The lowest BCUT2D eigenvalue weighted by Gasteiger charge is -2.04. The number of nitrogens with two attached hydrogens (primary N) is 1. The van der Waals surface area contributed by atoms with E-state index in [0.717, 1.165) is 16.7 Å². The molecule has 0 radical (unpaired) electrons. The van der Waals surface area contributed by atoms with Gasteiger partial charge in [0.15, 0.2) is 0 Å². The Morgan fingerprint density at radius 3 is 2.60 bits per heavy atom. The minimum Gasteiger partial charge on any atom is -0.382 e. The van der Waals surface area contributed by atoms with Crippen LogP contribution in [-0.4, -0.2) is 22.7 Å². The summed E-state index contributed by atoms with van der Waals surface area (Å²) in [4.78, 5) is 20.3. The lowest BCUT2D eigenvalue weighted by Crippen LogP contribution is -2.28. The summed E-state index contributed by atoms with van der Waals surface area (Å²) in [7, 11) is 0. The molecule has 20 heavy (non-hydrogen) atoms. The normalized spacial score (nSPS) is 17.4. The molecule has 2 aromatic rings. The van der Waals surface area contributed by atoms with Gasteiger partial charge in [-0.1, -0.05) is 35.5 Å². The molecule has 1 aromatic heterocycles. The molecule has 5 nitrogen and oxygen atoms in total. The van der Waals surface area contributed by atoms with Crippen LogP contribution in [0.3, 0.4) is 0 Å². The fourth-order valence-electron chi connectivity index (χ4n) is 2.09. The van der Waals surface area contributed by atoms with Crippen LogP contribution in [-0.2, 0) is 9.63 Å². The van der Waals surface area contributed by atoms with Crippen molar-refractivity contribution < 1.29 is 9.63 Å². The highest BCUT2D eigenvalue weighted by Gasteiger charge is 2.27. The Kier molecular flexibility index (Phi) is 3.16. The van der Waals surface area contributed by atoms with Crippen LogP contribution in [0, 0.1) is 0 Å². The van der Waals surface area contributed by atoms with Crippen molar-refractivity contribution >= 4 is 11.6 Å². The van der Waals surface area contributed by atoms with Crippen molar-refractivity contribution in [3.8, 4) is 11.1 Å².